The summed E-state index contributed by atoms with van der Waals surface area (Å²) in [5, 5.41) is 4.47. The summed E-state index contributed by atoms with van der Waals surface area (Å²) >= 11 is 3.17. The number of nitrogens with one attached hydrogen (secondary N) is 1. The number of aryl methyl sites for hydroxylation is 3. The fourth-order valence-corrected chi connectivity index (χ4v) is 5.34. The minimum absolute atomic E-state index is 0.0345. The number of carbonyl (C=O) groups is 2. The number of Topliss-reactive ketones (excluding diaryl/α,β-unsaturated/α-hetero) is 1. The number of hydrogen-bond donors (Lipinski definition) is 1. The van der Waals surface area contributed by atoms with Gasteiger partial charge in [-0.15, -0.1) is 11.3 Å². The van der Waals surface area contributed by atoms with Crippen molar-refractivity contribution in [1.82, 2.24) is 15.3 Å². The summed E-state index contributed by atoms with van der Waals surface area (Å²) in [6, 6.07) is 7.63. The molecule has 0 aliphatic heterocycles. The molecule has 29 heavy (non-hydrogen) atoms. The van der Waals surface area contributed by atoms with Crippen LogP contribution in [0.2, 0.25) is 0 Å². The smallest absolute Gasteiger partial charge is 0.216 e. The molecule has 7 heteroatoms. The van der Waals surface area contributed by atoms with E-state index in [1.165, 1.54) is 29.1 Å². The number of rotatable bonds is 7. The second-order valence-corrected chi connectivity index (χ2v) is 9.63. The molecule has 3 rings (SSSR count). The van der Waals surface area contributed by atoms with Gasteiger partial charge in [-0.05, 0) is 45.2 Å². The van der Waals surface area contributed by atoms with Crippen molar-refractivity contribution in [1.29, 1.82) is 0 Å². The molecule has 2 heterocycles. The van der Waals surface area contributed by atoms with Crippen molar-refractivity contribution in [2.24, 2.45) is 0 Å². The van der Waals surface area contributed by atoms with Crippen molar-refractivity contribution in [2.75, 3.05) is 6.54 Å². The van der Waals surface area contributed by atoms with E-state index < -0.39 is 0 Å². The minimum Gasteiger partial charge on any atom is -0.356 e. The molecule has 0 bridgehead atoms. The molecule has 0 spiro atoms. The number of benzene rings is 1. The van der Waals surface area contributed by atoms with E-state index in [0.29, 0.717) is 12.1 Å². The lowest BCUT2D eigenvalue weighted by molar-refractivity contribution is -0.118. The van der Waals surface area contributed by atoms with E-state index in [1.54, 1.807) is 11.3 Å². The van der Waals surface area contributed by atoms with Crippen molar-refractivity contribution in [3.63, 3.8) is 0 Å². The van der Waals surface area contributed by atoms with Gasteiger partial charge in [0.15, 0.2) is 5.78 Å². The van der Waals surface area contributed by atoms with Crippen LogP contribution in [0, 0.1) is 20.8 Å². The van der Waals surface area contributed by atoms with Crippen molar-refractivity contribution in [3.8, 4) is 0 Å². The number of fused-ring (bicyclic) bond motifs is 1. The van der Waals surface area contributed by atoms with E-state index in [-0.39, 0.29) is 16.9 Å². The van der Waals surface area contributed by atoms with Gasteiger partial charge in [0, 0.05) is 29.3 Å². The molecule has 5 nitrogen and oxygen atoms in total. The lowest BCUT2D eigenvalue weighted by atomic mass is 10.0. The van der Waals surface area contributed by atoms with Crippen molar-refractivity contribution >= 4 is 45.0 Å². The third-order valence-corrected chi connectivity index (χ3v) is 6.98. The molecule has 0 fully saturated rings. The van der Waals surface area contributed by atoms with Crippen molar-refractivity contribution in [2.45, 2.75) is 51.3 Å². The summed E-state index contributed by atoms with van der Waals surface area (Å²) in [6.45, 7) is 10.1. The van der Waals surface area contributed by atoms with Crippen LogP contribution < -0.4 is 5.32 Å². The van der Waals surface area contributed by atoms with Gasteiger partial charge in [-0.25, -0.2) is 9.97 Å². The summed E-state index contributed by atoms with van der Waals surface area (Å²) in [4.78, 5) is 35.3. The molecule has 1 amide bonds. The van der Waals surface area contributed by atoms with Gasteiger partial charge < -0.3 is 5.32 Å². The van der Waals surface area contributed by atoms with Gasteiger partial charge in [-0.3, -0.25) is 9.59 Å². The summed E-state index contributed by atoms with van der Waals surface area (Å²) in [5.41, 5.74) is 2.97. The maximum Gasteiger partial charge on any atom is 0.216 e. The Morgan fingerprint density at radius 3 is 2.48 bits per heavy atom. The van der Waals surface area contributed by atoms with Crippen LogP contribution in [0.15, 0.2) is 29.3 Å². The van der Waals surface area contributed by atoms with Crippen LogP contribution in [-0.2, 0) is 11.2 Å². The Morgan fingerprint density at radius 1 is 1.14 bits per heavy atom. The first-order valence-electron chi connectivity index (χ1n) is 9.55. The topological polar surface area (TPSA) is 72.0 Å². The first-order valence-corrected chi connectivity index (χ1v) is 11.2. The van der Waals surface area contributed by atoms with Crippen LogP contribution in [0.1, 0.15) is 46.0 Å². The van der Waals surface area contributed by atoms with Crippen molar-refractivity contribution in [3.05, 3.63) is 51.7 Å². The van der Waals surface area contributed by atoms with Gasteiger partial charge in [-0.2, -0.15) is 0 Å². The predicted octanol–water partition coefficient (Wildman–Crippen LogP) is 4.66. The van der Waals surface area contributed by atoms with Crippen LogP contribution in [0.4, 0.5) is 0 Å². The van der Waals surface area contributed by atoms with E-state index in [4.69, 9.17) is 0 Å². The van der Waals surface area contributed by atoms with E-state index in [0.717, 1.165) is 33.1 Å². The molecule has 152 valence electrons. The molecular weight excluding hydrogens is 402 g/mol. The van der Waals surface area contributed by atoms with Gasteiger partial charge in [0.1, 0.15) is 15.7 Å². The van der Waals surface area contributed by atoms with Crippen molar-refractivity contribution < 1.29 is 9.59 Å². The standard InChI is InChI=1S/C22H25N3O2S2/c1-12-13(2)28-21-19(12)22(25-15(4)24-21)29-14(3)20(27)18-8-6-17(7-9-18)10-11-23-16(5)26/h6-9,14H,10-11H2,1-5H3,(H,23,26). The average molecular weight is 428 g/mol. The zero-order valence-corrected chi connectivity index (χ0v) is 19.0. The molecule has 2 aromatic heterocycles. The third kappa shape index (κ3) is 5.03. The maximum atomic E-state index is 13.0. The molecule has 0 aliphatic carbocycles. The largest absolute Gasteiger partial charge is 0.356 e. The first-order chi connectivity index (χ1) is 13.8. The molecule has 3 aromatic rings. The monoisotopic (exact) mass is 427 g/mol. The quantitative estimate of drug-likeness (QED) is 0.337. The van der Waals surface area contributed by atoms with Gasteiger partial charge in [-0.1, -0.05) is 36.0 Å². The highest BCUT2D eigenvalue weighted by atomic mass is 32.2. The van der Waals surface area contributed by atoms with Gasteiger partial charge in [0.05, 0.1) is 5.25 Å². The first kappa shape index (κ1) is 21.5. The number of thioether (sulfide) groups is 1. The predicted molar refractivity (Wildman–Crippen MR) is 120 cm³/mol. The molecular formula is C22H25N3O2S2. The summed E-state index contributed by atoms with van der Waals surface area (Å²) in [5.74, 6) is 0.773. The van der Waals surface area contributed by atoms with Gasteiger partial charge >= 0.3 is 0 Å². The number of nitrogens with zero attached hydrogens (tertiary/aromatic N) is 2. The second kappa shape index (κ2) is 9.05. The Labute approximate surface area is 179 Å². The van der Waals surface area contributed by atoms with Crippen LogP contribution in [0.5, 0.6) is 0 Å². The fraction of sp³-hybridized carbons (Fsp3) is 0.364. The zero-order chi connectivity index (χ0) is 21.1. The Bertz CT molecular complexity index is 1060. The summed E-state index contributed by atoms with van der Waals surface area (Å²) in [7, 11) is 0. The fourth-order valence-electron chi connectivity index (χ4n) is 3.07. The molecule has 0 radical (unpaired) electrons. The molecule has 0 saturated heterocycles. The third-order valence-electron chi connectivity index (χ3n) is 4.79. The minimum atomic E-state index is -0.252. The molecule has 1 aromatic carbocycles. The van der Waals surface area contributed by atoms with E-state index in [2.05, 4.69) is 29.1 Å². The molecule has 1 N–H and O–H groups in total. The lowest BCUT2D eigenvalue weighted by Gasteiger charge is -2.12. The Morgan fingerprint density at radius 2 is 1.83 bits per heavy atom. The molecule has 0 saturated carbocycles. The SMILES string of the molecule is CC(=O)NCCc1ccc(C(=O)C(C)Sc2nc(C)nc3sc(C)c(C)c23)cc1. The Kier molecular flexibility index (Phi) is 6.70. The zero-order valence-electron chi connectivity index (χ0n) is 17.3. The summed E-state index contributed by atoms with van der Waals surface area (Å²) in [6.07, 6.45) is 0.743. The van der Waals surface area contributed by atoms with Gasteiger partial charge in [0.25, 0.3) is 0 Å². The number of hydrogen-bond acceptors (Lipinski definition) is 6. The molecule has 0 aliphatic rings. The molecule has 1 atom stereocenters. The Balaban J connectivity index is 1.74. The lowest BCUT2D eigenvalue weighted by Crippen LogP contribution is -2.22. The highest BCUT2D eigenvalue weighted by Crippen LogP contribution is 2.37. The second-order valence-electron chi connectivity index (χ2n) is 7.09. The van der Waals surface area contributed by atoms with Crippen LogP contribution in [0.3, 0.4) is 0 Å². The van der Waals surface area contributed by atoms with E-state index in [1.807, 2.05) is 38.1 Å². The number of thiophene rings is 1. The average Bonchev–Trinajstić information content (AvgIpc) is 2.95. The highest BCUT2D eigenvalue weighted by Gasteiger charge is 2.21. The van der Waals surface area contributed by atoms with Gasteiger partial charge in [0.2, 0.25) is 5.91 Å². The van der Waals surface area contributed by atoms with Crippen LogP contribution >= 0.6 is 23.1 Å². The van der Waals surface area contributed by atoms with Crippen LogP contribution in [-0.4, -0.2) is 33.5 Å². The van der Waals surface area contributed by atoms with E-state index >= 15 is 0 Å². The normalized spacial score (nSPS) is 12.2. The van der Waals surface area contributed by atoms with E-state index in [9.17, 15) is 9.59 Å². The number of ketones is 1. The Hall–Kier alpha value is -2.25. The maximum absolute atomic E-state index is 13.0. The number of carbonyl (C=O) groups excluding carboxylic acids is 2. The number of aromatic nitrogens is 2. The summed E-state index contributed by atoms with van der Waals surface area (Å²) < 4.78 is 0. The molecule has 1 unspecified atom stereocenters. The number of amides is 1. The van der Waals surface area contributed by atoms with Crippen LogP contribution in [0.25, 0.3) is 10.2 Å². The highest BCUT2D eigenvalue weighted by molar-refractivity contribution is 8.00.